The largest absolute Gasteiger partial charge is 0.421 e. The lowest BCUT2D eigenvalue weighted by atomic mass is 9.81. The Morgan fingerprint density at radius 2 is 0.852 bits per heavy atom. The average Bonchev–Trinajstić information content (AvgIpc) is 2.39. The lowest BCUT2D eigenvalue weighted by Crippen LogP contribution is -2.34. The van der Waals surface area contributed by atoms with Crippen LogP contribution in [0.4, 0.5) is 0 Å². The van der Waals surface area contributed by atoms with E-state index in [2.05, 4.69) is 83.1 Å². The van der Waals surface area contributed by atoms with E-state index < -0.39 is 19.5 Å². The van der Waals surface area contributed by atoms with Crippen molar-refractivity contribution in [2.24, 2.45) is 21.7 Å². The first-order valence-electron chi connectivity index (χ1n) is 11.1. The molecule has 0 aliphatic carbocycles. The predicted molar refractivity (Wildman–Crippen MR) is 128 cm³/mol. The molecule has 0 amide bonds. The molecule has 0 heterocycles. The maximum absolute atomic E-state index is 6.48. The van der Waals surface area contributed by atoms with E-state index in [0.29, 0.717) is 23.0 Å². The van der Waals surface area contributed by atoms with Gasteiger partial charge < -0.3 is 8.85 Å². The van der Waals surface area contributed by atoms with Crippen LogP contribution in [0.3, 0.4) is 0 Å². The Balaban J connectivity index is 4.40. The average molecular weight is 417 g/mol. The number of hydrogen-bond acceptors (Lipinski definition) is 2. The van der Waals surface area contributed by atoms with Crippen LogP contribution in [-0.2, 0) is 8.85 Å². The van der Waals surface area contributed by atoms with Crippen molar-refractivity contribution in [3.63, 3.8) is 0 Å². The molecule has 0 aliphatic rings. The minimum absolute atomic E-state index is 0.237. The van der Waals surface area contributed by atoms with Crippen LogP contribution in [0.25, 0.3) is 0 Å². The molecule has 2 nitrogen and oxygen atoms in total. The lowest BCUT2D eigenvalue weighted by Gasteiger charge is -2.34. The van der Waals surface area contributed by atoms with Gasteiger partial charge in [0.25, 0.3) is 0 Å². The molecule has 0 aliphatic heterocycles. The molecule has 0 spiro atoms. The molecular formula is C23H52O2Si2. The quantitative estimate of drug-likeness (QED) is 0.319. The van der Waals surface area contributed by atoms with E-state index in [4.69, 9.17) is 8.85 Å². The van der Waals surface area contributed by atoms with E-state index in [9.17, 15) is 0 Å². The van der Waals surface area contributed by atoms with Gasteiger partial charge in [0.05, 0.1) is 0 Å². The highest BCUT2D eigenvalue weighted by Gasteiger charge is 2.28. The van der Waals surface area contributed by atoms with Gasteiger partial charge in [0.2, 0.25) is 0 Å². The molecular weight excluding hydrogens is 364 g/mol. The van der Waals surface area contributed by atoms with E-state index >= 15 is 0 Å². The van der Waals surface area contributed by atoms with Crippen molar-refractivity contribution in [2.45, 2.75) is 127 Å². The van der Waals surface area contributed by atoms with E-state index in [1.54, 1.807) is 0 Å². The molecule has 0 aromatic rings. The second kappa shape index (κ2) is 10.9. The van der Waals surface area contributed by atoms with Gasteiger partial charge in [-0.2, -0.15) is 0 Å². The summed E-state index contributed by atoms with van der Waals surface area (Å²) in [6.45, 7) is 27.9. The van der Waals surface area contributed by atoms with Gasteiger partial charge in [0.1, 0.15) is 0 Å². The minimum Gasteiger partial charge on any atom is -0.421 e. The van der Waals surface area contributed by atoms with Crippen LogP contribution in [0.2, 0.25) is 5.67 Å². The lowest BCUT2D eigenvalue weighted by molar-refractivity contribution is 0.0675. The van der Waals surface area contributed by atoms with E-state index in [1.165, 1.54) is 31.4 Å². The van der Waals surface area contributed by atoms with Crippen molar-refractivity contribution in [1.29, 1.82) is 0 Å². The van der Waals surface area contributed by atoms with Crippen LogP contribution in [0.5, 0.6) is 0 Å². The van der Waals surface area contributed by atoms with Crippen molar-refractivity contribution in [2.75, 3.05) is 0 Å². The van der Waals surface area contributed by atoms with Crippen LogP contribution in [0.15, 0.2) is 0 Å². The summed E-state index contributed by atoms with van der Waals surface area (Å²) in [6, 6.07) is 0. The first kappa shape index (κ1) is 27.4. The fourth-order valence-corrected chi connectivity index (χ4v) is 6.88. The van der Waals surface area contributed by atoms with Crippen LogP contribution < -0.4 is 0 Å². The summed E-state index contributed by atoms with van der Waals surface area (Å²) in [4.78, 5) is 0. The molecule has 0 rings (SSSR count). The van der Waals surface area contributed by atoms with Gasteiger partial charge in [-0.1, -0.05) is 83.1 Å². The molecule has 2 atom stereocenters. The fraction of sp³-hybridized carbons (Fsp3) is 1.00. The smallest absolute Gasteiger partial charge is 0.161 e. The summed E-state index contributed by atoms with van der Waals surface area (Å²) in [6.07, 6.45) is 5.62. The zero-order valence-corrected chi connectivity index (χ0v) is 23.7. The van der Waals surface area contributed by atoms with E-state index in [1.807, 2.05) is 0 Å². The Morgan fingerprint density at radius 3 is 1.07 bits per heavy atom. The monoisotopic (exact) mass is 416 g/mol. The zero-order valence-electron chi connectivity index (χ0n) is 20.9. The third-order valence-corrected chi connectivity index (χ3v) is 8.76. The topological polar surface area (TPSA) is 18.5 Å². The summed E-state index contributed by atoms with van der Waals surface area (Å²) in [5, 5.41) is 0. The molecule has 0 bridgehead atoms. The second-order valence-electron chi connectivity index (χ2n) is 13.0. The second-order valence-corrected chi connectivity index (χ2v) is 17.3. The maximum atomic E-state index is 6.48. The molecule has 164 valence electrons. The van der Waals surface area contributed by atoms with Gasteiger partial charge in [0, 0.05) is 12.2 Å². The van der Waals surface area contributed by atoms with Gasteiger partial charge >= 0.3 is 0 Å². The van der Waals surface area contributed by atoms with Gasteiger partial charge in [0.15, 0.2) is 19.5 Å². The molecule has 4 heteroatoms. The van der Waals surface area contributed by atoms with Crippen LogP contribution in [-0.4, -0.2) is 31.7 Å². The molecule has 0 N–H and O–H groups in total. The number of rotatable bonds is 10. The van der Waals surface area contributed by atoms with Crippen molar-refractivity contribution < 1.29 is 8.85 Å². The Bertz CT molecular complexity index is 357. The zero-order chi connectivity index (χ0) is 21.5. The standard InChI is InChI=1S/C23H52O2Si2/c1-20(2,3)15-13-18(22(7,8)9)24-26-17-27-25-19(23(10,11)12)14-16-21(4,5)6/h18-19H,13-17,26-27H2,1-12H3. The molecule has 0 aromatic heterocycles. The summed E-state index contributed by atoms with van der Waals surface area (Å²) in [5.74, 6) is 0. The van der Waals surface area contributed by atoms with Crippen molar-refractivity contribution in [3.05, 3.63) is 0 Å². The Hall–Kier alpha value is 0.354. The number of hydrogen-bond donors (Lipinski definition) is 0. The Kier molecular flexibility index (Phi) is 11.1. The third-order valence-electron chi connectivity index (χ3n) is 5.17. The summed E-state index contributed by atoms with van der Waals surface area (Å²) >= 11 is 0. The first-order valence-corrected chi connectivity index (χ1v) is 14.3. The van der Waals surface area contributed by atoms with Crippen LogP contribution >= 0.6 is 0 Å². The molecule has 0 radical (unpaired) electrons. The molecule has 2 unspecified atom stereocenters. The highest BCUT2D eigenvalue weighted by Crippen LogP contribution is 2.32. The summed E-state index contributed by atoms with van der Waals surface area (Å²) < 4.78 is 13.0. The highest BCUT2D eigenvalue weighted by molar-refractivity contribution is 6.48. The van der Waals surface area contributed by atoms with Crippen LogP contribution in [0.1, 0.15) is 109 Å². The molecule has 0 saturated heterocycles. The highest BCUT2D eigenvalue weighted by atomic mass is 28.3. The molecule has 27 heavy (non-hydrogen) atoms. The summed E-state index contributed by atoms with van der Waals surface area (Å²) in [7, 11) is -0.943. The molecule has 0 aromatic carbocycles. The van der Waals surface area contributed by atoms with Crippen LogP contribution in [0, 0.1) is 21.7 Å². The van der Waals surface area contributed by atoms with Gasteiger partial charge in [-0.25, -0.2) is 0 Å². The third kappa shape index (κ3) is 14.9. The van der Waals surface area contributed by atoms with Gasteiger partial charge in [-0.15, -0.1) is 0 Å². The van der Waals surface area contributed by atoms with Gasteiger partial charge in [-0.05, 0) is 53.0 Å². The van der Waals surface area contributed by atoms with E-state index in [0.717, 1.165) is 0 Å². The maximum Gasteiger partial charge on any atom is 0.161 e. The molecule has 0 fully saturated rings. The van der Waals surface area contributed by atoms with Gasteiger partial charge in [-0.3, -0.25) is 0 Å². The normalized spacial score (nSPS) is 17.3. The van der Waals surface area contributed by atoms with Crippen molar-refractivity contribution in [1.82, 2.24) is 0 Å². The predicted octanol–water partition coefficient (Wildman–Crippen LogP) is 6.05. The SMILES string of the molecule is CC(C)(C)CCC(O[SiH2]C[SiH2]OC(CCC(C)(C)C)C(C)(C)C)C(C)(C)C. The first-order chi connectivity index (χ1) is 11.9. The molecule has 0 saturated carbocycles. The Labute approximate surface area is 176 Å². The fourth-order valence-electron chi connectivity index (χ4n) is 3.17. The Morgan fingerprint density at radius 1 is 0.556 bits per heavy atom. The summed E-state index contributed by atoms with van der Waals surface area (Å²) in [5.41, 5.74) is 2.51. The minimum atomic E-state index is -0.471. The van der Waals surface area contributed by atoms with Crippen molar-refractivity contribution in [3.8, 4) is 0 Å². The van der Waals surface area contributed by atoms with Crippen molar-refractivity contribution >= 4 is 19.5 Å². The van der Waals surface area contributed by atoms with E-state index in [-0.39, 0.29) is 10.8 Å².